The molecule has 126 valence electrons. The molecule has 2 N–H and O–H groups in total. The molecule has 1 aliphatic heterocycles. The summed E-state index contributed by atoms with van der Waals surface area (Å²) < 4.78 is 13.8. The van der Waals surface area contributed by atoms with E-state index >= 15 is 0 Å². The van der Waals surface area contributed by atoms with Gasteiger partial charge in [-0.1, -0.05) is 6.07 Å². The van der Waals surface area contributed by atoms with Crippen molar-refractivity contribution in [3.63, 3.8) is 0 Å². The normalized spacial score (nSPS) is 14.4. The number of carbonyl (C=O) groups is 1. The average Bonchev–Trinajstić information content (AvgIpc) is 2.63. The maximum atomic E-state index is 13.8. The van der Waals surface area contributed by atoms with Gasteiger partial charge in [0.05, 0.1) is 18.4 Å². The van der Waals surface area contributed by atoms with Gasteiger partial charge in [0.2, 0.25) is 5.91 Å². The SMILES string of the molecule is O=C1CN(c2ccc(Nc3ncnc4c(F)cccc34)cn2)CCN1. The van der Waals surface area contributed by atoms with Crippen LogP contribution in [0.1, 0.15) is 0 Å². The Morgan fingerprint density at radius 2 is 2.08 bits per heavy atom. The van der Waals surface area contributed by atoms with Gasteiger partial charge in [0.15, 0.2) is 0 Å². The first-order chi connectivity index (χ1) is 12.2. The number of para-hydroxylation sites is 1. The summed E-state index contributed by atoms with van der Waals surface area (Å²) in [5.41, 5.74) is 0.985. The molecular formula is C17H15FN6O. The number of aromatic nitrogens is 3. The second-order valence-electron chi connectivity index (χ2n) is 5.66. The molecule has 1 fully saturated rings. The molecule has 0 atom stereocenters. The van der Waals surface area contributed by atoms with E-state index in [9.17, 15) is 9.18 Å². The molecule has 25 heavy (non-hydrogen) atoms. The van der Waals surface area contributed by atoms with Crippen molar-refractivity contribution in [1.82, 2.24) is 20.3 Å². The third-order valence-corrected chi connectivity index (χ3v) is 3.99. The Kier molecular flexibility index (Phi) is 3.85. The van der Waals surface area contributed by atoms with Crippen LogP contribution in [0.5, 0.6) is 0 Å². The van der Waals surface area contributed by atoms with Crippen LogP contribution in [0.25, 0.3) is 10.9 Å². The molecule has 1 saturated heterocycles. The van der Waals surface area contributed by atoms with Crippen LogP contribution >= 0.6 is 0 Å². The zero-order valence-electron chi connectivity index (χ0n) is 13.2. The number of hydrogen-bond acceptors (Lipinski definition) is 6. The highest BCUT2D eigenvalue weighted by atomic mass is 19.1. The lowest BCUT2D eigenvalue weighted by Gasteiger charge is -2.27. The Labute approximate surface area is 142 Å². The molecular weight excluding hydrogens is 323 g/mol. The molecule has 1 aromatic carbocycles. The van der Waals surface area contributed by atoms with Gasteiger partial charge in [-0.05, 0) is 24.3 Å². The van der Waals surface area contributed by atoms with Crippen LogP contribution in [0.4, 0.5) is 21.7 Å². The summed E-state index contributed by atoms with van der Waals surface area (Å²) >= 11 is 0. The quantitative estimate of drug-likeness (QED) is 0.758. The highest BCUT2D eigenvalue weighted by Gasteiger charge is 2.17. The Bertz CT molecular complexity index is 930. The lowest BCUT2D eigenvalue weighted by molar-refractivity contribution is -0.120. The van der Waals surface area contributed by atoms with E-state index in [-0.39, 0.29) is 17.2 Å². The highest BCUT2D eigenvalue weighted by Crippen LogP contribution is 2.25. The minimum atomic E-state index is -0.389. The van der Waals surface area contributed by atoms with Crippen LogP contribution in [0.2, 0.25) is 0 Å². The summed E-state index contributed by atoms with van der Waals surface area (Å²) in [5, 5.41) is 6.51. The van der Waals surface area contributed by atoms with Crippen molar-refractivity contribution in [3.8, 4) is 0 Å². The maximum Gasteiger partial charge on any atom is 0.239 e. The molecule has 0 spiro atoms. The maximum absolute atomic E-state index is 13.8. The standard InChI is InChI=1S/C17H15FN6O/c18-13-3-1-2-12-16(13)21-10-22-17(12)23-11-4-5-14(20-8-11)24-7-6-19-15(25)9-24/h1-5,8,10H,6-7,9H2,(H,19,25)(H,21,22,23). The van der Waals surface area contributed by atoms with Crippen molar-refractivity contribution in [2.75, 3.05) is 29.9 Å². The third-order valence-electron chi connectivity index (χ3n) is 3.99. The Morgan fingerprint density at radius 1 is 1.16 bits per heavy atom. The smallest absolute Gasteiger partial charge is 0.239 e. The number of benzene rings is 1. The fourth-order valence-corrected chi connectivity index (χ4v) is 2.77. The van der Waals surface area contributed by atoms with Crippen molar-refractivity contribution in [2.45, 2.75) is 0 Å². The van der Waals surface area contributed by atoms with Crippen LogP contribution in [0.3, 0.4) is 0 Å². The molecule has 4 rings (SSSR count). The van der Waals surface area contributed by atoms with Crippen LogP contribution in [-0.4, -0.2) is 40.5 Å². The van der Waals surface area contributed by atoms with Crippen LogP contribution < -0.4 is 15.5 Å². The number of amides is 1. The van der Waals surface area contributed by atoms with Gasteiger partial charge in [-0.3, -0.25) is 4.79 Å². The lowest BCUT2D eigenvalue weighted by atomic mass is 10.2. The second kappa shape index (κ2) is 6.31. The fourth-order valence-electron chi connectivity index (χ4n) is 2.77. The topological polar surface area (TPSA) is 83.0 Å². The Morgan fingerprint density at radius 3 is 2.88 bits per heavy atom. The van der Waals surface area contributed by atoms with Gasteiger partial charge in [0.25, 0.3) is 0 Å². The lowest BCUT2D eigenvalue weighted by Crippen LogP contribution is -2.48. The largest absolute Gasteiger partial charge is 0.353 e. The van der Waals surface area contributed by atoms with Crippen LogP contribution in [0.15, 0.2) is 42.9 Å². The number of piperazine rings is 1. The van der Waals surface area contributed by atoms with Gasteiger partial charge in [-0.25, -0.2) is 19.3 Å². The number of halogens is 1. The van der Waals surface area contributed by atoms with Gasteiger partial charge in [0.1, 0.15) is 29.3 Å². The van der Waals surface area contributed by atoms with E-state index in [1.165, 1.54) is 12.4 Å². The van der Waals surface area contributed by atoms with Gasteiger partial charge < -0.3 is 15.5 Å². The number of pyridine rings is 1. The molecule has 0 aliphatic carbocycles. The summed E-state index contributed by atoms with van der Waals surface area (Å²) in [6.45, 7) is 1.63. The third kappa shape index (κ3) is 3.06. The fraction of sp³-hybridized carbons (Fsp3) is 0.176. The number of carbonyl (C=O) groups excluding carboxylic acids is 1. The van der Waals surface area contributed by atoms with E-state index < -0.39 is 0 Å². The molecule has 2 aromatic heterocycles. The number of hydrogen-bond donors (Lipinski definition) is 2. The molecule has 0 radical (unpaired) electrons. The van der Waals surface area contributed by atoms with Crippen molar-refractivity contribution in [3.05, 3.63) is 48.7 Å². The molecule has 8 heteroatoms. The summed E-state index contributed by atoms with van der Waals surface area (Å²) in [5.74, 6) is 0.847. The van der Waals surface area contributed by atoms with Crippen molar-refractivity contribution < 1.29 is 9.18 Å². The number of fused-ring (bicyclic) bond motifs is 1. The number of nitrogens with one attached hydrogen (secondary N) is 2. The molecule has 1 amide bonds. The number of rotatable bonds is 3. The minimum absolute atomic E-state index is 0.00951. The summed E-state index contributed by atoms with van der Waals surface area (Å²) in [6.07, 6.45) is 2.98. The van der Waals surface area contributed by atoms with E-state index in [0.717, 1.165) is 18.1 Å². The summed E-state index contributed by atoms with van der Waals surface area (Å²) in [7, 11) is 0. The van der Waals surface area contributed by atoms with Crippen molar-refractivity contribution in [2.24, 2.45) is 0 Å². The van der Waals surface area contributed by atoms with E-state index in [4.69, 9.17) is 0 Å². The highest BCUT2D eigenvalue weighted by molar-refractivity contribution is 5.90. The average molecular weight is 338 g/mol. The van der Waals surface area contributed by atoms with E-state index in [1.54, 1.807) is 18.3 Å². The van der Waals surface area contributed by atoms with E-state index in [0.29, 0.717) is 24.3 Å². The van der Waals surface area contributed by atoms with Gasteiger partial charge in [0, 0.05) is 18.5 Å². The zero-order valence-corrected chi connectivity index (χ0v) is 13.2. The first-order valence-corrected chi connectivity index (χ1v) is 7.85. The molecule has 1 aliphatic rings. The first kappa shape index (κ1) is 15.3. The number of anilines is 3. The van der Waals surface area contributed by atoms with Gasteiger partial charge in [-0.15, -0.1) is 0 Å². The first-order valence-electron chi connectivity index (χ1n) is 7.85. The predicted molar refractivity (Wildman–Crippen MR) is 92.2 cm³/mol. The van der Waals surface area contributed by atoms with Gasteiger partial charge in [-0.2, -0.15) is 0 Å². The van der Waals surface area contributed by atoms with E-state index in [2.05, 4.69) is 25.6 Å². The predicted octanol–water partition coefficient (Wildman–Crippen LogP) is 1.84. The number of nitrogens with zero attached hydrogens (tertiary/aromatic N) is 4. The summed E-state index contributed by atoms with van der Waals surface area (Å²) in [4.78, 5) is 25.9. The summed E-state index contributed by atoms with van der Waals surface area (Å²) in [6, 6.07) is 8.43. The van der Waals surface area contributed by atoms with Crippen molar-refractivity contribution >= 4 is 34.1 Å². The second-order valence-corrected chi connectivity index (χ2v) is 5.66. The van der Waals surface area contributed by atoms with Crippen LogP contribution in [-0.2, 0) is 4.79 Å². The minimum Gasteiger partial charge on any atom is -0.353 e. The Hall–Kier alpha value is -3.29. The molecule has 3 heterocycles. The molecule has 0 saturated carbocycles. The van der Waals surface area contributed by atoms with Crippen LogP contribution in [0, 0.1) is 5.82 Å². The molecule has 0 bridgehead atoms. The van der Waals surface area contributed by atoms with Gasteiger partial charge >= 0.3 is 0 Å². The Balaban J connectivity index is 1.58. The molecule has 0 unspecified atom stereocenters. The zero-order chi connectivity index (χ0) is 17.2. The monoisotopic (exact) mass is 338 g/mol. The van der Waals surface area contributed by atoms with Crippen molar-refractivity contribution in [1.29, 1.82) is 0 Å². The molecule has 3 aromatic rings. The van der Waals surface area contributed by atoms with E-state index in [1.807, 2.05) is 17.0 Å². The molecule has 7 nitrogen and oxygen atoms in total.